The molecule has 0 fully saturated rings. The molecular formula is H6F6Mo. The zero-order chi connectivity index (χ0) is 0. The number of hydrogen-bond donors (Lipinski definition) is 0. The maximum Gasteiger partial charge on any atom is 0 e. The van der Waals surface area contributed by atoms with E-state index < -0.39 is 0 Å². The smallest absolute Gasteiger partial charge is 0 e. The first-order chi connectivity index (χ1) is 0. The second kappa shape index (κ2) is 2420. The van der Waals surface area contributed by atoms with Crippen molar-refractivity contribution in [1.29, 1.82) is 0 Å². The monoisotopic (exact) mass is 218 g/mol. The first-order valence-corrected chi connectivity index (χ1v) is 0. The van der Waals surface area contributed by atoms with Gasteiger partial charge in [0.05, 0.1) is 0 Å². The van der Waals surface area contributed by atoms with Gasteiger partial charge in [-0.2, -0.15) is 0 Å². The van der Waals surface area contributed by atoms with Gasteiger partial charge in [0.25, 0.3) is 0 Å². The van der Waals surface area contributed by atoms with Crippen molar-refractivity contribution in [2.24, 2.45) is 0 Å². The molecule has 7 heteroatoms. The predicted octanol–water partition coefficient (Wildman–Crippen LogP) is 0.912. The van der Waals surface area contributed by atoms with Crippen LogP contribution in [0.1, 0.15) is 0 Å². The van der Waals surface area contributed by atoms with Crippen LogP contribution in [0.3, 0.4) is 0 Å². The van der Waals surface area contributed by atoms with Gasteiger partial charge in [0.15, 0.2) is 0 Å². The van der Waals surface area contributed by atoms with E-state index in [0.717, 1.165) is 0 Å². The fourth-order valence-corrected chi connectivity index (χ4v) is 0. The van der Waals surface area contributed by atoms with E-state index in [1.807, 2.05) is 0 Å². The fraction of sp³-hybridized carbons (Fsp3) is 0. The van der Waals surface area contributed by atoms with Gasteiger partial charge in [0.1, 0.15) is 0 Å². The average molecular weight is 216 g/mol. The quantitative estimate of drug-likeness (QED) is 0.417. The molecule has 0 aromatic heterocycles. The molecule has 0 atom stereocenters. The van der Waals surface area contributed by atoms with Crippen molar-refractivity contribution in [3.63, 3.8) is 0 Å². The zero-order valence-corrected chi connectivity index (χ0v) is 4.86. The van der Waals surface area contributed by atoms with Crippen LogP contribution in [-0.2, 0) is 21.1 Å². The Morgan fingerprint density at radius 1 is 0.286 bits per heavy atom. The molecular weight excluding hydrogens is 210 g/mol. The molecule has 0 spiro atoms. The number of hydrogen-bond acceptors (Lipinski definition) is 0. The number of halogens is 6. The maximum absolute atomic E-state index is 0. The Balaban J connectivity index is 0. The summed E-state index contributed by atoms with van der Waals surface area (Å²) in [6.07, 6.45) is 0. The third-order valence-electron chi connectivity index (χ3n) is 0. The Morgan fingerprint density at radius 3 is 0.286 bits per heavy atom. The van der Waals surface area contributed by atoms with Crippen LogP contribution in [0, 0.1) is 0 Å². The van der Waals surface area contributed by atoms with Gasteiger partial charge in [-0.15, -0.1) is 0 Å². The summed E-state index contributed by atoms with van der Waals surface area (Å²) in [5.74, 6) is 0. The van der Waals surface area contributed by atoms with Gasteiger partial charge in [-0.05, 0) is 0 Å². The first kappa shape index (κ1) is 3970. The SMILES string of the molecule is F.F.F.F.F.F.[Mo]. The Bertz CT molecular complexity index is 4.14. The Morgan fingerprint density at radius 2 is 0.286 bits per heavy atom. The molecule has 0 bridgehead atoms. The minimum absolute atomic E-state index is 0. The molecule has 0 aromatic rings. The van der Waals surface area contributed by atoms with E-state index >= 15 is 0 Å². The molecule has 0 unspecified atom stereocenters. The zero-order valence-electron chi connectivity index (χ0n) is 2.86. The van der Waals surface area contributed by atoms with Gasteiger partial charge in [0, 0.05) is 21.1 Å². The Hall–Kier alpha value is 0.268. The molecule has 0 nitrogen and oxygen atoms in total. The van der Waals surface area contributed by atoms with Gasteiger partial charge in [-0.3, -0.25) is 28.2 Å². The van der Waals surface area contributed by atoms with Gasteiger partial charge >= 0.3 is 0 Å². The molecule has 0 aliphatic rings. The molecule has 0 saturated heterocycles. The average Bonchev–Trinajstić information content (AvgIpc) is 0. The molecule has 0 aromatic carbocycles. The molecule has 0 N–H and O–H groups in total. The fourth-order valence-electron chi connectivity index (χ4n) is 0. The van der Waals surface area contributed by atoms with Crippen molar-refractivity contribution in [2.75, 3.05) is 0 Å². The summed E-state index contributed by atoms with van der Waals surface area (Å²) < 4.78 is 0. The standard InChI is InChI=1S/6FH.Mo/h6*1H;. The molecule has 0 heterocycles. The second-order valence-corrected chi connectivity index (χ2v) is 0. The third-order valence-corrected chi connectivity index (χ3v) is 0. The van der Waals surface area contributed by atoms with Crippen LogP contribution in [0.25, 0.3) is 0 Å². The topological polar surface area (TPSA) is 0 Å². The summed E-state index contributed by atoms with van der Waals surface area (Å²) in [6, 6.07) is 0. The van der Waals surface area contributed by atoms with Crippen molar-refractivity contribution < 1.29 is 49.3 Å². The van der Waals surface area contributed by atoms with Crippen LogP contribution in [0.2, 0.25) is 0 Å². The molecule has 0 saturated carbocycles. The van der Waals surface area contributed by atoms with Crippen LogP contribution >= 0.6 is 0 Å². The van der Waals surface area contributed by atoms with Crippen LogP contribution in [-0.4, -0.2) is 0 Å². The Labute approximate surface area is 50.1 Å². The van der Waals surface area contributed by atoms with E-state index in [4.69, 9.17) is 0 Å². The Kier molecular flexibility index (Phi) is 1370000. The molecule has 0 aliphatic carbocycles. The van der Waals surface area contributed by atoms with Gasteiger partial charge < -0.3 is 0 Å². The van der Waals surface area contributed by atoms with Crippen LogP contribution in [0.15, 0.2) is 0 Å². The van der Waals surface area contributed by atoms with Crippen LogP contribution in [0.5, 0.6) is 0 Å². The normalized spacial score (nSPS) is 0. The third kappa shape index (κ3) is 1590. The van der Waals surface area contributed by atoms with Crippen molar-refractivity contribution in [1.82, 2.24) is 0 Å². The van der Waals surface area contributed by atoms with E-state index in [2.05, 4.69) is 0 Å². The van der Waals surface area contributed by atoms with Crippen molar-refractivity contribution in [3.05, 3.63) is 0 Å². The van der Waals surface area contributed by atoms with Crippen molar-refractivity contribution in [2.45, 2.75) is 0 Å². The summed E-state index contributed by atoms with van der Waals surface area (Å²) in [5, 5.41) is 0. The first-order valence-electron chi connectivity index (χ1n) is 0. The summed E-state index contributed by atoms with van der Waals surface area (Å²) in [5.41, 5.74) is 0. The largest absolute Gasteiger partial charge is 0.269 e. The van der Waals surface area contributed by atoms with Gasteiger partial charge in [-0.25, -0.2) is 0 Å². The second-order valence-electron chi connectivity index (χ2n) is 0. The molecule has 0 radical (unpaired) electrons. The summed E-state index contributed by atoms with van der Waals surface area (Å²) >= 11 is 0. The molecule has 0 rings (SSSR count). The van der Waals surface area contributed by atoms with Gasteiger partial charge in [0.2, 0.25) is 0 Å². The van der Waals surface area contributed by atoms with Crippen LogP contribution in [0.4, 0.5) is 28.2 Å². The van der Waals surface area contributed by atoms with Gasteiger partial charge in [-0.1, -0.05) is 0 Å². The maximum atomic E-state index is 0. The van der Waals surface area contributed by atoms with Crippen molar-refractivity contribution in [3.8, 4) is 0 Å². The molecule has 54 valence electrons. The van der Waals surface area contributed by atoms with Crippen LogP contribution < -0.4 is 0 Å². The molecule has 0 amide bonds. The minimum Gasteiger partial charge on any atom is -0.269 e. The van der Waals surface area contributed by atoms with E-state index in [9.17, 15) is 0 Å². The summed E-state index contributed by atoms with van der Waals surface area (Å²) in [6.45, 7) is 0. The van der Waals surface area contributed by atoms with E-state index in [0.29, 0.717) is 0 Å². The number of rotatable bonds is 0. The van der Waals surface area contributed by atoms with E-state index in [1.54, 1.807) is 0 Å². The van der Waals surface area contributed by atoms with E-state index in [1.165, 1.54) is 0 Å². The summed E-state index contributed by atoms with van der Waals surface area (Å²) in [4.78, 5) is 0. The molecule has 0 aliphatic heterocycles. The summed E-state index contributed by atoms with van der Waals surface area (Å²) in [7, 11) is 0. The predicted molar refractivity (Wildman–Crippen MR) is 15.0 cm³/mol. The minimum atomic E-state index is 0. The van der Waals surface area contributed by atoms with Crippen molar-refractivity contribution >= 4 is 0 Å². The molecule has 7 heavy (non-hydrogen) atoms. The van der Waals surface area contributed by atoms with E-state index in [-0.39, 0.29) is 49.3 Å².